The standard InChI is InChI=1S/C9H11ClFNO2S/c1-15(13,14)5-4-12-9-3-2-7(10)6-8(9)11/h2-3,6,12H,4-5H2,1H3. The lowest BCUT2D eigenvalue weighted by atomic mass is 10.3. The van der Waals surface area contributed by atoms with Gasteiger partial charge in [-0.3, -0.25) is 0 Å². The molecule has 0 aromatic heterocycles. The Hall–Kier alpha value is -0.810. The van der Waals surface area contributed by atoms with E-state index in [2.05, 4.69) is 5.32 Å². The Balaban J connectivity index is 2.59. The molecule has 0 radical (unpaired) electrons. The minimum absolute atomic E-state index is 0.0327. The molecule has 1 aromatic rings. The Morgan fingerprint density at radius 3 is 2.67 bits per heavy atom. The zero-order valence-corrected chi connectivity index (χ0v) is 9.70. The molecule has 0 amide bonds. The Kier molecular flexibility index (Phi) is 3.93. The van der Waals surface area contributed by atoms with E-state index in [1.807, 2.05) is 0 Å². The van der Waals surface area contributed by atoms with Crippen LogP contribution in [-0.2, 0) is 9.84 Å². The Morgan fingerprint density at radius 1 is 1.47 bits per heavy atom. The third kappa shape index (κ3) is 4.48. The normalized spacial score (nSPS) is 11.4. The van der Waals surface area contributed by atoms with Crippen LogP contribution in [0.15, 0.2) is 18.2 Å². The number of benzene rings is 1. The maximum Gasteiger partial charge on any atom is 0.149 e. The summed E-state index contributed by atoms with van der Waals surface area (Å²) in [5.41, 5.74) is 0.253. The van der Waals surface area contributed by atoms with E-state index in [0.717, 1.165) is 6.26 Å². The summed E-state index contributed by atoms with van der Waals surface area (Å²) < 4.78 is 34.8. The van der Waals surface area contributed by atoms with Gasteiger partial charge in [-0.15, -0.1) is 0 Å². The van der Waals surface area contributed by atoms with Crippen molar-refractivity contribution >= 4 is 27.1 Å². The van der Waals surface area contributed by atoms with Crippen molar-refractivity contribution in [2.45, 2.75) is 0 Å². The van der Waals surface area contributed by atoms with E-state index in [1.165, 1.54) is 18.2 Å². The summed E-state index contributed by atoms with van der Waals surface area (Å²) in [5, 5.41) is 2.99. The molecule has 0 saturated heterocycles. The predicted octanol–water partition coefficient (Wildman–Crippen LogP) is 1.94. The number of nitrogens with one attached hydrogen (secondary N) is 1. The second kappa shape index (κ2) is 4.81. The van der Waals surface area contributed by atoms with Crippen LogP contribution in [0.2, 0.25) is 5.02 Å². The molecule has 1 rings (SSSR count). The van der Waals surface area contributed by atoms with Gasteiger partial charge < -0.3 is 5.32 Å². The van der Waals surface area contributed by atoms with Crippen molar-refractivity contribution in [3.63, 3.8) is 0 Å². The lowest BCUT2D eigenvalue weighted by Gasteiger charge is -2.06. The molecule has 1 aromatic carbocycles. The highest BCUT2D eigenvalue weighted by Gasteiger charge is 2.04. The van der Waals surface area contributed by atoms with Crippen molar-refractivity contribution in [3.05, 3.63) is 29.0 Å². The number of halogens is 2. The number of hydrogen-bond acceptors (Lipinski definition) is 3. The minimum atomic E-state index is -3.03. The molecule has 0 aliphatic carbocycles. The van der Waals surface area contributed by atoms with Gasteiger partial charge >= 0.3 is 0 Å². The number of anilines is 1. The van der Waals surface area contributed by atoms with Crippen LogP contribution < -0.4 is 5.32 Å². The summed E-state index contributed by atoms with van der Waals surface area (Å²) in [7, 11) is -3.03. The molecule has 0 aliphatic rings. The molecule has 3 nitrogen and oxygen atoms in total. The second-order valence-corrected chi connectivity index (χ2v) is 5.88. The molecule has 0 bridgehead atoms. The Morgan fingerprint density at radius 2 is 2.13 bits per heavy atom. The summed E-state index contributed by atoms with van der Waals surface area (Å²) in [5.74, 6) is -0.522. The van der Waals surface area contributed by atoms with E-state index < -0.39 is 15.7 Å². The highest BCUT2D eigenvalue weighted by atomic mass is 35.5. The summed E-state index contributed by atoms with van der Waals surface area (Å²) >= 11 is 5.56. The van der Waals surface area contributed by atoms with Gasteiger partial charge in [0, 0.05) is 17.8 Å². The summed E-state index contributed by atoms with van der Waals surface area (Å²) in [6.45, 7) is 0.178. The fourth-order valence-electron chi connectivity index (χ4n) is 1.00. The largest absolute Gasteiger partial charge is 0.382 e. The molecule has 1 N–H and O–H groups in total. The molecular formula is C9H11ClFNO2S. The monoisotopic (exact) mass is 251 g/mol. The zero-order valence-electron chi connectivity index (χ0n) is 8.13. The van der Waals surface area contributed by atoms with Gasteiger partial charge in [-0.05, 0) is 18.2 Å². The molecule has 0 heterocycles. The van der Waals surface area contributed by atoms with Crippen LogP contribution in [0.1, 0.15) is 0 Å². The first kappa shape index (κ1) is 12.3. The van der Waals surface area contributed by atoms with Gasteiger partial charge in [-0.2, -0.15) is 0 Å². The lowest BCUT2D eigenvalue weighted by molar-refractivity contribution is 0.601. The maximum absolute atomic E-state index is 13.2. The summed E-state index contributed by atoms with van der Waals surface area (Å²) in [6, 6.07) is 4.18. The van der Waals surface area contributed by atoms with Gasteiger partial charge in [-0.1, -0.05) is 11.6 Å². The Bertz CT molecular complexity index is 447. The fraction of sp³-hybridized carbons (Fsp3) is 0.333. The first-order chi connectivity index (χ1) is 6.88. The van der Waals surface area contributed by atoms with Crippen LogP contribution in [0.5, 0.6) is 0 Å². The topological polar surface area (TPSA) is 46.2 Å². The van der Waals surface area contributed by atoms with Crippen molar-refractivity contribution in [1.29, 1.82) is 0 Å². The summed E-state index contributed by atoms with van der Waals surface area (Å²) in [4.78, 5) is 0. The SMILES string of the molecule is CS(=O)(=O)CCNc1ccc(Cl)cc1F. The molecule has 0 spiro atoms. The molecule has 0 unspecified atom stereocenters. The van der Waals surface area contributed by atoms with E-state index in [1.54, 1.807) is 0 Å². The molecule has 0 atom stereocenters. The maximum atomic E-state index is 13.2. The third-order valence-electron chi connectivity index (χ3n) is 1.72. The molecular weight excluding hydrogens is 241 g/mol. The van der Waals surface area contributed by atoms with Crippen LogP contribution >= 0.6 is 11.6 Å². The van der Waals surface area contributed by atoms with Crippen LogP contribution in [0.4, 0.5) is 10.1 Å². The molecule has 84 valence electrons. The average molecular weight is 252 g/mol. The van der Waals surface area contributed by atoms with Crippen molar-refractivity contribution in [2.75, 3.05) is 23.9 Å². The quantitative estimate of drug-likeness (QED) is 0.890. The van der Waals surface area contributed by atoms with Gasteiger partial charge in [0.1, 0.15) is 15.7 Å². The van der Waals surface area contributed by atoms with Crippen LogP contribution in [0.3, 0.4) is 0 Å². The van der Waals surface area contributed by atoms with Crippen LogP contribution in [0, 0.1) is 5.82 Å². The molecule has 0 aliphatic heterocycles. The van der Waals surface area contributed by atoms with E-state index in [-0.39, 0.29) is 18.0 Å². The van der Waals surface area contributed by atoms with Gasteiger partial charge in [0.15, 0.2) is 0 Å². The molecule has 0 saturated carbocycles. The number of sulfone groups is 1. The molecule has 0 fully saturated rings. The van der Waals surface area contributed by atoms with Gasteiger partial charge in [0.2, 0.25) is 0 Å². The second-order valence-electron chi connectivity index (χ2n) is 3.18. The lowest BCUT2D eigenvalue weighted by Crippen LogP contribution is -2.14. The molecule has 15 heavy (non-hydrogen) atoms. The van der Waals surface area contributed by atoms with Crippen molar-refractivity contribution in [3.8, 4) is 0 Å². The van der Waals surface area contributed by atoms with Gasteiger partial charge in [-0.25, -0.2) is 12.8 Å². The Labute approximate surface area is 93.2 Å². The first-order valence-corrected chi connectivity index (χ1v) is 6.69. The first-order valence-electron chi connectivity index (χ1n) is 4.25. The minimum Gasteiger partial charge on any atom is -0.382 e. The smallest absolute Gasteiger partial charge is 0.149 e. The van der Waals surface area contributed by atoms with Crippen molar-refractivity contribution < 1.29 is 12.8 Å². The molecule has 6 heteroatoms. The number of rotatable bonds is 4. The van der Waals surface area contributed by atoms with E-state index in [4.69, 9.17) is 11.6 Å². The zero-order chi connectivity index (χ0) is 11.5. The van der Waals surface area contributed by atoms with Crippen molar-refractivity contribution in [2.24, 2.45) is 0 Å². The van der Waals surface area contributed by atoms with Crippen molar-refractivity contribution in [1.82, 2.24) is 0 Å². The average Bonchev–Trinajstić information content (AvgIpc) is 2.07. The van der Waals surface area contributed by atoms with E-state index >= 15 is 0 Å². The van der Waals surface area contributed by atoms with Crippen LogP contribution in [0.25, 0.3) is 0 Å². The third-order valence-corrected chi connectivity index (χ3v) is 2.90. The highest BCUT2D eigenvalue weighted by Crippen LogP contribution is 2.18. The predicted molar refractivity (Wildman–Crippen MR) is 59.6 cm³/mol. The fourth-order valence-corrected chi connectivity index (χ4v) is 1.64. The summed E-state index contributed by atoms with van der Waals surface area (Å²) in [6.07, 6.45) is 1.13. The highest BCUT2D eigenvalue weighted by molar-refractivity contribution is 7.90. The van der Waals surface area contributed by atoms with E-state index in [0.29, 0.717) is 5.02 Å². The number of hydrogen-bond donors (Lipinski definition) is 1. The van der Waals surface area contributed by atoms with Gasteiger partial charge in [0.05, 0.1) is 11.4 Å². The van der Waals surface area contributed by atoms with Gasteiger partial charge in [0.25, 0.3) is 0 Å². The van der Waals surface area contributed by atoms with Crippen LogP contribution in [-0.4, -0.2) is 27.0 Å². The van der Waals surface area contributed by atoms with E-state index in [9.17, 15) is 12.8 Å².